The van der Waals surface area contributed by atoms with E-state index < -0.39 is 5.97 Å². The van der Waals surface area contributed by atoms with Crippen LogP contribution in [0.4, 0.5) is 5.69 Å². The molecule has 2 rings (SSSR count). The molecule has 0 aliphatic carbocycles. The topological polar surface area (TPSA) is 66.4 Å². The summed E-state index contributed by atoms with van der Waals surface area (Å²) < 4.78 is 0. The van der Waals surface area contributed by atoms with E-state index in [1.165, 1.54) is 5.56 Å². The molecule has 0 unspecified atom stereocenters. The first-order chi connectivity index (χ1) is 11.0. The van der Waals surface area contributed by atoms with Crippen LogP contribution in [-0.4, -0.2) is 16.9 Å². The Hall–Kier alpha value is -2.62. The van der Waals surface area contributed by atoms with Gasteiger partial charge in [0.25, 0.3) is 0 Å². The highest BCUT2D eigenvalue weighted by Gasteiger charge is 2.16. The molecule has 0 saturated heterocycles. The molecule has 0 radical (unpaired) electrons. The summed E-state index contributed by atoms with van der Waals surface area (Å²) in [6.07, 6.45) is 0.213. The van der Waals surface area contributed by atoms with Crippen molar-refractivity contribution < 1.29 is 14.7 Å². The van der Waals surface area contributed by atoms with E-state index >= 15 is 0 Å². The van der Waals surface area contributed by atoms with Gasteiger partial charge in [-0.2, -0.15) is 0 Å². The summed E-state index contributed by atoms with van der Waals surface area (Å²) in [6.45, 7) is 2.02. The van der Waals surface area contributed by atoms with Gasteiger partial charge >= 0.3 is 5.97 Å². The number of hydrogen-bond donors (Lipinski definition) is 2. The number of Topliss-reactive ketones (excluding diaryl/α,β-unsaturated/α-hetero) is 1. The molecule has 4 heteroatoms. The molecule has 0 spiro atoms. The normalized spacial score (nSPS) is 11.7. The van der Waals surface area contributed by atoms with Crippen molar-refractivity contribution in [3.63, 3.8) is 0 Å². The highest BCUT2D eigenvalue weighted by Crippen LogP contribution is 2.24. The summed E-state index contributed by atoms with van der Waals surface area (Å²) in [5.74, 6) is -0.998. The quantitative estimate of drug-likeness (QED) is 0.774. The first-order valence-corrected chi connectivity index (χ1v) is 7.66. The zero-order valence-corrected chi connectivity index (χ0v) is 13.2. The van der Waals surface area contributed by atoms with E-state index in [2.05, 4.69) is 5.32 Å². The van der Waals surface area contributed by atoms with Crippen LogP contribution in [0.3, 0.4) is 0 Å². The first-order valence-electron chi connectivity index (χ1n) is 7.66. The highest BCUT2D eigenvalue weighted by molar-refractivity contribution is 5.83. The van der Waals surface area contributed by atoms with E-state index in [1.807, 2.05) is 61.5 Å². The number of carbonyl (C=O) groups is 2. The average molecular weight is 311 g/mol. The number of hydrogen-bond acceptors (Lipinski definition) is 3. The Morgan fingerprint density at radius 2 is 1.65 bits per heavy atom. The summed E-state index contributed by atoms with van der Waals surface area (Å²) in [4.78, 5) is 22.7. The van der Waals surface area contributed by atoms with Gasteiger partial charge in [-0.3, -0.25) is 9.59 Å². The van der Waals surface area contributed by atoms with Gasteiger partial charge in [0, 0.05) is 18.5 Å². The zero-order valence-electron chi connectivity index (χ0n) is 13.2. The number of rotatable bonds is 8. The Morgan fingerprint density at radius 3 is 2.26 bits per heavy atom. The standard InChI is InChI=1S/C19H21NO3/c1-14-7-9-16(10-8-14)20-18(15-5-3-2-4-6-15)13-17(21)11-12-19(22)23/h2-10,18,20H,11-13H2,1H3,(H,22,23)/t18-/m1/s1. The molecule has 0 amide bonds. The Morgan fingerprint density at radius 1 is 1.00 bits per heavy atom. The van der Waals surface area contributed by atoms with Gasteiger partial charge in [-0.15, -0.1) is 0 Å². The Labute approximate surface area is 136 Å². The fourth-order valence-corrected chi connectivity index (χ4v) is 2.36. The van der Waals surface area contributed by atoms with Gasteiger partial charge in [0.05, 0.1) is 12.5 Å². The van der Waals surface area contributed by atoms with Gasteiger partial charge in [-0.05, 0) is 24.6 Å². The van der Waals surface area contributed by atoms with E-state index in [9.17, 15) is 9.59 Å². The minimum atomic E-state index is -0.943. The largest absolute Gasteiger partial charge is 0.481 e. The number of aryl methyl sites for hydroxylation is 1. The third-order valence-electron chi connectivity index (χ3n) is 3.64. The van der Waals surface area contributed by atoms with Gasteiger partial charge in [0.2, 0.25) is 0 Å². The van der Waals surface area contributed by atoms with Gasteiger partial charge in [-0.1, -0.05) is 48.0 Å². The minimum absolute atomic E-state index is 0.0548. The van der Waals surface area contributed by atoms with E-state index in [0.29, 0.717) is 0 Å². The van der Waals surface area contributed by atoms with E-state index in [1.54, 1.807) is 0 Å². The average Bonchev–Trinajstić information content (AvgIpc) is 2.55. The predicted molar refractivity (Wildman–Crippen MR) is 90.5 cm³/mol. The zero-order chi connectivity index (χ0) is 16.7. The third-order valence-corrected chi connectivity index (χ3v) is 3.64. The molecule has 0 aromatic heterocycles. The molecule has 0 aliphatic heterocycles. The summed E-state index contributed by atoms with van der Waals surface area (Å²) in [7, 11) is 0. The van der Waals surface area contributed by atoms with Crippen molar-refractivity contribution in [2.24, 2.45) is 0 Å². The lowest BCUT2D eigenvalue weighted by atomic mass is 9.99. The Balaban J connectivity index is 2.10. The molecule has 2 aromatic rings. The molecule has 0 aliphatic rings. The summed E-state index contributed by atoms with van der Waals surface area (Å²) in [5.41, 5.74) is 3.12. The molecule has 2 N–H and O–H groups in total. The summed E-state index contributed by atoms with van der Waals surface area (Å²) >= 11 is 0. The smallest absolute Gasteiger partial charge is 0.303 e. The molecule has 0 heterocycles. The van der Waals surface area contributed by atoms with Gasteiger partial charge in [0.15, 0.2) is 0 Å². The van der Waals surface area contributed by atoms with Crippen molar-refractivity contribution in [1.82, 2.24) is 0 Å². The van der Waals surface area contributed by atoms with Crippen molar-refractivity contribution >= 4 is 17.4 Å². The molecule has 0 saturated carbocycles. The molecule has 0 fully saturated rings. The number of nitrogens with one attached hydrogen (secondary N) is 1. The molecular weight excluding hydrogens is 290 g/mol. The number of carboxylic acid groups (broad SMARTS) is 1. The maximum Gasteiger partial charge on any atom is 0.303 e. The van der Waals surface area contributed by atoms with Crippen LogP contribution in [0, 0.1) is 6.92 Å². The molecule has 120 valence electrons. The highest BCUT2D eigenvalue weighted by atomic mass is 16.4. The van der Waals surface area contributed by atoms with Crippen molar-refractivity contribution in [3.8, 4) is 0 Å². The van der Waals surface area contributed by atoms with E-state index in [4.69, 9.17) is 5.11 Å². The maximum atomic E-state index is 12.1. The predicted octanol–water partition coefficient (Wildman–Crippen LogP) is 3.97. The SMILES string of the molecule is Cc1ccc(N[C@H](CC(=O)CCC(=O)O)c2ccccc2)cc1. The summed E-state index contributed by atoms with van der Waals surface area (Å²) in [5, 5.41) is 12.1. The van der Waals surface area contributed by atoms with Crippen LogP contribution in [-0.2, 0) is 9.59 Å². The van der Waals surface area contributed by atoms with Crippen molar-refractivity contribution in [1.29, 1.82) is 0 Å². The van der Waals surface area contributed by atoms with Gasteiger partial charge in [-0.25, -0.2) is 0 Å². The van der Waals surface area contributed by atoms with Crippen molar-refractivity contribution in [2.45, 2.75) is 32.2 Å². The van der Waals surface area contributed by atoms with Crippen LogP contribution >= 0.6 is 0 Å². The van der Waals surface area contributed by atoms with E-state index in [-0.39, 0.29) is 31.1 Å². The lowest BCUT2D eigenvalue weighted by Gasteiger charge is -2.20. The van der Waals surface area contributed by atoms with Crippen LogP contribution < -0.4 is 5.32 Å². The van der Waals surface area contributed by atoms with Gasteiger partial charge < -0.3 is 10.4 Å². The molecule has 23 heavy (non-hydrogen) atoms. The van der Waals surface area contributed by atoms with Crippen LogP contribution in [0.2, 0.25) is 0 Å². The van der Waals surface area contributed by atoms with Crippen molar-refractivity contribution in [2.75, 3.05) is 5.32 Å². The lowest BCUT2D eigenvalue weighted by Crippen LogP contribution is -2.16. The molecule has 0 bridgehead atoms. The van der Waals surface area contributed by atoms with E-state index in [0.717, 1.165) is 11.3 Å². The Kier molecular flexibility index (Phi) is 5.92. The molecule has 2 aromatic carbocycles. The summed E-state index contributed by atoms with van der Waals surface area (Å²) in [6, 6.07) is 17.5. The monoisotopic (exact) mass is 311 g/mol. The molecule has 1 atom stereocenters. The minimum Gasteiger partial charge on any atom is -0.481 e. The Bertz CT molecular complexity index is 650. The first kappa shape index (κ1) is 16.7. The van der Waals surface area contributed by atoms with Crippen molar-refractivity contribution in [3.05, 3.63) is 65.7 Å². The number of benzene rings is 2. The second-order valence-electron chi connectivity index (χ2n) is 5.61. The van der Waals surface area contributed by atoms with Crippen LogP contribution in [0.25, 0.3) is 0 Å². The van der Waals surface area contributed by atoms with Crippen LogP contribution in [0.5, 0.6) is 0 Å². The number of carboxylic acids is 1. The lowest BCUT2D eigenvalue weighted by molar-refractivity contribution is -0.138. The second-order valence-corrected chi connectivity index (χ2v) is 5.61. The van der Waals surface area contributed by atoms with Crippen LogP contribution in [0.15, 0.2) is 54.6 Å². The number of aliphatic carboxylic acids is 1. The number of carbonyl (C=O) groups excluding carboxylic acids is 1. The third kappa shape index (κ3) is 5.58. The fourth-order valence-electron chi connectivity index (χ4n) is 2.36. The molecule has 4 nitrogen and oxygen atoms in total. The fraction of sp³-hybridized carbons (Fsp3) is 0.263. The van der Waals surface area contributed by atoms with Gasteiger partial charge in [0.1, 0.15) is 5.78 Å². The molecular formula is C19H21NO3. The maximum absolute atomic E-state index is 12.1. The number of ketones is 1. The second kappa shape index (κ2) is 8.13. The number of anilines is 1. The van der Waals surface area contributed by atoms with Crippen LogP contribution in [0.1, 0.15) is 36.4 Å².